The van der Waals surface area contributed by atoms with Crippen LogP contribution in [0.1, 0.15) is 22.5 Å². The van der Waals surface area contributed by atoms with Crippen molar-refractivity contribution in [2.75, 3.05) is 0 Å². The van der Waals surface area contributed by atoms with Gasteiger partial charge in [0.25, 0.3) is 5.56 Å². The molecular weight excluding hydrogens is 536 g/mol. The molecule has 0 saturated heterocycles. The Balaban J connectivity index is 1.68. The lowest BCUT2D eigenvalue weighted by Crippen LogP contribution is -2.20. The van der Waals surface area contributed by atoms with Gasteiger partial charge in [0.1, 0.15) is 0 Å². The first-order valence-corrected chi connectivity index (χ1v) is 12.2. The third-order valence-corrected chi connectivity index (χ3v) is 6.97. The molecule has 0 atom stereocenters. The van der Waals surface area contributed by atoms with Crippen molar-refractivity contribution in [3.8, 4) is 17.1 Å². The quantitative estimate of drug-likeness (QED) is 0.214. The minimum absolute atomic E-state index is 0.0113. The summed E-state index contributed by atoms with van der Waals surface area (Å²) in [7, 11) is 0. The lowest BCUT2D eigenvalue weighted by Gasteiger charge is -2.13. The molecule has 2 aromatic heterocycles. The van der Waals surface area contributed by atoms with Gasteiger partial charge >= 0.3 is 6.18 Å². The van der Waals surface area contributed by atoms with Crippen LogP contribution in [0.2, 0.25) is 10.0 Å². The van der Waals surface area contributed by atoms with Crippen LogP contribution in [0.25, 0.3) is 28.0 Å². The lowest BCUT2D eigenvalue weighted by atomic mass is 10.1. The molecule has 0 aliphatic carbocycles. The normalized spacial score (nSPS) is 12.1. The molecule has 0 aliphatic rings. The molecule has 0 N–H and O–H groups in total. The summed E-state index contributed by atoms with van der Waals surface area (Å²) in [6.07, 6.45) is -3.08. The van der Waals surface area contributed by atoms with Crippen molar-refractivity contribution in [3.05, 3.63) is 116 Å². The highest BCUT2D eigenvalue weighted by molar-refractivity contribution is 6.43. The first kappa shape index (κ1) is 25.8. The second kappa shape index (κ2) is 9.78. The molecule has 5 rings (SSSR count). The SMILES string of the molecule is Cc1cc(C=Nn2c(-c3cccc(C(F)(F)F)c3)nc3ccccc3c2=O)c(C)n1-c1cccc(Cl)c1Cl. The molecule has 0 aliphatic heterocycles. The van der Waals surface area contributed by atoms with Crippen LogP contribution < -0.4 is 5.56 Å². The van der Waals surface area contributed by atoms with Crippen LogP contribution in [-0.4, -0.2) is 20.4 Å². The Morgan fingerprint density at radius 2 is 1.68 bits per heavy atom. The van der Waals surface area contributed by atoms with E-state index in [1.807, 2.05) is 30.5 Å². The van der Waals surface area contributed by atoms with Crippen molar-refractivity contribution in [1.29, 1.82) is 0 Å². The van der Waals surface area contributed by atoms with Gasteiger partial charge in [0.15, 0.2) is 5.82 Å². The van der Waals surface area contributed by atoms with Gasteiger partial charge in [-0.15, -0.1) is 0 Å². The van der Waals surface area contributed by atoms with Crippen molar-refractivity contribution in [1.82, 2.24) is 14.2 Å². The Labute approximate surface area is 225 Å². The van der Waals surface area contributed by atoms with E-state index in [9.17, 15) is 18.0 Å². The van der Waals surface area contributed by atoms with E-state index in [2.05, 4.69) is 10.1 Å². The predicted molar refractivity (Wildman–Crippen MR) is 145 cm³/mol. The molecular formula is C28H19Cl2F3N4O. The molecule has 0 amide bonds. The fraction of sp³-hybridized carbons (Fsp3) is 0.107. The summed E-state index contributed by atoms with van der Waals surface area (Å²) in [5, 5.41) is 5.49. The molecule has 0 spiro atoms. The van der Waals surface area contributed by atoms with Gasteiger partial charge in [0, 0.05) is 22.5 Å². The lowest BCUT2D eigenvalue weighted by molar-refractivity contribution is -0.137. The van der Waals surface area contributed by atoms with Crippen molar-refractivity contribution in [3.63, 3.8) is 0 Å². The standard InChI is InChI=1S/C28H19Cl2F3N4O/c1-16-13-19(17(2)36(16)24-12-6-10-22(29)25(24)30)15-34-37-26(18-7-5-8-20(14-18)28(31,32)33)35-23-11-4-3-9-21(23)27(37)38/h3-15H,1-2H3. The first-order valence-electron chi connectivity index (χ1n) is 11.4. The van der Waals surface area contributed by atoms with Gasteiger partial charge in [0.05, 0.1) is 38.4 Å². The van der Waals surface area contributed by atoms with E-state index >= 15 is 0 Å². The number of alkyl halides is 3. The van der Waals surface area contributed by atoms with Crippen LogP contribution in [0.4, 0.5) is 13.2 Å². The second-order valence-electron chi connectivity index (χ2n) is 8.63. The minimum atomic E-state index is -4.56. The molecule has 2 heterocycles. The number of nitrogens with zero attached hydrogens (tertiary/aromatic N) is 4. The molecule has 0 fully saturated rings. The number of hydrogen-bond donors (Lipinski definition) is 0. The summed E-state index contributed by atoms with van der Waals surface area (Å²) in [4.78, 5) is 17.9. The van der Waals surface area contributed by atoms with Gasteiger partial charge < -0.3 is 4.57 Å². The Hall–Kier alpha value is -3.88. The molecule has 5 aromatic rings. The summed E-state index contributed by atoms with van der Waals surface area (Å²) in [6, 6.07) is 18.4. The average Bonchev–Trinajstić information content (AvgIpc) is 3.17. The maximum Gasteiger partial charge on any atom is 0.416 e. The molecule has 3 aromatic carbocycles. The maximum absolute atomic E-state index is 13.4. The van der Waals surface area contributed by atoms with Gasteiger partial charge in [-0.3, -0.25) is 4.79 Å². The monoisotopic (exact) mass is 554 g/mol. The van der Waals surface area contributed by atoms with Crippen molar-refractivity contribution in [2.45, 2.75) is 20.0 Å². The Morgan fingerprint density at radius 1 is 0.947 bits per heavy atom. The summed E-state index contributed by atoms with van der Waals surface area (Å²) in [5.41, 5.74) is 2.08. The highest BCUT2D eigenvalue weighted by Gasteiger charge is 2.31. The predicted octanol–water partition coefficient (Wildman–Crippen LogP) is 7.68. The van der Waals surface area contributed by atoms with Crippen molar-refractivity contribution >= 4 is 40.3 Å². The van der Waals surface area contributed by atoms with E-state index < -0.39 is 17.3 Å². The van der Waals surface area contributed by atoms with Gasteiger partial charge in [-0.05, 0) is 56.3 Å². The number of rotatable bonds is 4. The van der Waals surface area contributed by atoms with E-state index in [4.69, 9.17) is 23.2 Å². The average molecular weight is 555 g/mol. The van der Waals surface area contributed by atoms with Gasteiger partial charge in [-0.1, -0.05) is 53.5 Å². The van der Waals surface area contributed by atoms with E-state index in [0.29, 0.717) is 26.8 Å². The number of aromatic nitrogens is 3. The third-order valence-electron chi connectivity index (χ3n) is 6.16. The van der Waals surface area contributed by atoms with Gasteiger partial charge in [-0.25, -0.2) is 4.98 Å². The molecule has 192 valence electrons. The largest absolute Gasteiger partial charge is 0.416 e. The van der Waals surface area contributed by atoms with Crippen molar-refractivity contribution < 1.29 is 13.2 Å². The number of hydrogen-bond acceptors (Lipinski definition) is 3. The molecule has 0 bridgehead atoms. The number of benzene rings is 3. The van der Waals surface area contributed by atoms with Crippen LogP contribution in [-0.2, 0) is 6.18 Å². The topological polar surface area (TPSA) is 52.2 Å². The first-order chi connectivity index (χ1) is 18.1. The number of aryl methyl sites for hydroxylation is 1. The zero-order valence-electron chi connectivity index (χ0n) is 20.1. The third kappa shape index (κ3) is 4.61. The van der Waals surface area contributed by atoms with E-state index in [0.717, 1.165) is 28.2 Å². The molecule has 0 unspecified atom stereocenters. The Morgan fingerprint density at radius 3 is 2.45 bits per heavy atom. The van der Waals surface area contributed by atoms with E-state index in [-0.39, 0.29) is 16.8 Å². The van der Waals surface area contributed by atoms with Crippen LogP contribution in [0.3, 0.4) is 0 Å². The molecule has 0 radical (unpaired) electrons. The summed E-state index contributed by atoms with van der Waals surface area (Å²) in [5.74, 6) is -0.0113. The zero-order chi connectivity index (χ0) is 27.2. The minimum Gasteiger partial charge on any atom is -0.316 e. The van der Waals surface area contributed by atoms with E-state index in [1.54, 1.807) is 36.4 Å². The highest BCUT2D eigenvalue weighted by atomic mass is 35.5. The van der Waals surface area contributed by atoms with E-state index in [1.165, 1.54) is 18.3 Å². The second-order valence-corrected chi connectivity index (χ2v) is 9.41. The number of fused-ring (bicyclic) bond motifs is 1. The summed E-state index contributed by atoms with van der Waals surface area (Å²) < 4.78 is 43.2. The molecule has 10 heteroatoms. The van der Waals surface area contributed by atoms with Crippen LogP contribution >= 0.6 is 23.2 Å². The van der Waals surface area contributed by atoms with Crippen LogP contribution in [0, 0.1) is 13.8 Å². The van der Waals surface area contributed by atoms with Gasteiger partial charge in [-0.2, -0.15) is 22.9 Å². The summed E-state index contributed by atoms with van der Waals surface area (Å²) >= 11 is 12.7. The fourth-order valence-electron chi connectivity index (χ4n) is 4.33. The number of para-hydroxylation sites is 1. The van der Waals surface area contributed by atoms with Gasteiger partial charge in [0.2, 0.25) is 0 Å². The van der Waals surface area contributed by atoms with Crippen molar-refractivity contribution in [2.24, 2.45) is 5.10 Å². The molecule has 38 heavy (non-hydrogen) atoms. The maximum atomic E-state index is 13.4. The van der Waals surface area contributed by atoms with Crippen LogP contribution in [0.15, 0.2) is 82.7 Å². The fourth-order valence-corrected chi connectivity index (χ4v) is 4.71. The smallest absolute Gasteiger partial charge is 0.316 e. The molecule has 5 nitrogen and oxygen atoms in total. The highest BCUT2D eigenvalue weighted by Crippen LogP contribution is 2.33. The molecule has 0 saturated carbocycles. The van der Waals surface area contributed by atoms with Crippen LogP contribution in [0.5, 0.6) is 0 Å². The summed E-state index contributed by atoms with van der Waals surface area (Å²) in [6.45, 7) is 3.75. The number of halogens is 5. The Bertz CT molecular complexity index is 1790. The Kier molecular flexibility index (Phi) is 6.63. The zero-order valence-corrected chi connectivity index (χ0v) is 21.6.